The Morgan fingerprint density at radius 3 is 2.86 bits per heavy atom. The Kier molecular flexibility index (Phi) is 2.73. The molecule has 4 rings (SSSR count). The third-order valence-electron chi connectivity index (χ3n) is 4.21. The number of fused-ring (bicyclic) bond motifs is 3. The van der Waals surface area contributed by atoms with Crippen molar-refractivity contribution in [2.24, 2.45) is 5.10 Å². The molecule has 0 fully saturated rings. The molecule has 1 atom stereocenters. The van der Waals surface area contributed by atoms with E-state index in [4.69, 9.17) is 19.0 Å². The van der Waals surface area contributed by atoms with Gasteiger partial charge in [-0.1, -0.05) is 12.1 Å². The van der Waals surface area contributed by atoms with E-state index in [2.05, 4.69) is 6.07 Å². The summed E-state index contributed by atoms with van der Waals surface area (Å²) < 4.78 is 17.1. The van der Waals surface area contributed by atoms with Crippen molar-refractivity contribution >= 4 is 5.71 Å². The average Bonchev–Trinajstić information content (AvgIpc) is 3.16. The van der Waals surface area contributed by atoms with E-state index in [9.17, 15) is 0 Å². The lowest BCUT2D eigenvalue weighted by molar-refractivity contribution is -0.0924. The van der Waals surface area contributed by atoms with Crippen LogP contribution in [0.1, 0.15) is 37.6 Å². The Balaban J connectivity index is 1.81. The Morgan fingerprint density at radius 1 is 1.27 bits per heavy atom. The van der Waals surface area contributed by atoms with Crippen LogP contribution in [0.15, 0.2) is 46.1 Å². The average molecular weight is 298 g/mol. The van der Waals surface area contributed by atoms with Gasteiger partial charge in [0.05, 0.1) is 19.4 Å². The first-order chi connectivity index (χ1) is 10.6. The van der Waals surface area contributed by atoms with Crippen LogP contribution in [0.25, 0.3) is 0 Å². The largest absolute Gasteiger partial charge is 0.493 e. The van der Waals surface area contributed by atoms with Crippen molar-refractivity contribution in [3.05, 3.63) is 47.9 Å². The first-order valence-electron chi connectivity index (χ1n) is 7.37. The molecule has 0 radical (unpaired) electrons. The molecule has 2 aliphatic heterocycles. The predicted octanol–water partition coefficient (Wildman–Crippen LogP) is 3.57. The summed E-state index contributed by atoms with van der Waals surface area (Å²) in [5.41, 5.74) is 1.51. The van der Waals surface area contributed by atoms with Crippen LogP contribution in [0.3, 0.4) is 0 Å². The second-order valence-electron chi connectivity index (χ2n) is 6.02. The van der Waals surface area contributed by atoms with E-state index in [1.165, 1.54) is 0 Å². The van der Waals surface area contributed by atoms with Gasteiger partial charge in [-0.3, -0.25) is 0 Å². The van der Waals surface area contributed by atoms with E-state index < -0.39 is 5.72 Å². The Bertz CT molecular complexity index is 734. The van der Waals surface area contributed by atoms with E-state index >= 15 is 0 Å². The van der Waals surface area contributed by atoms with Crippen LogP contribution in [-0.2, 0) is 0 Å². The Hall–Kier alpha value is -2.43. The number of hydrazone groups is 1. The van der Waals surface area contributed by atoms with Crippen LogP contribution in [0.4, 0.5) is 0 Å². The van der Waals surface area contributed by atoms with Gasteiger partial charge in [0, 0.05) is 12.0 Å². The zero-order valence-electron chi connectivity index (χ0n) is 12.9. The van der Waals surface area contributed by atoms with Gasteiger partial charge in [-0.25, -0.2) is 5.01 Å². The van der Waals surface area contributed by atoms with E-state index in [-0.39, 0.29) is 6.04 Å². The number of hydrogen-bond donors (Lipinski definition) is 0. The lowest BCUT2D eigenvalue weighted by Gasteiger charge is -2.43. The first-order valence-corrected chi connectivity index (χ1v) is 7.37. The van der Waals surface area contributed by atoms with Gasteiger partial charge >= 0.3 is 0 Å². The monoisotopic (exact) mass is 298 g/mol. The lowest BCUT2D eigenvalue weighted by Crippen LogP contribution is -2.48. The van der Waals surface area contributed by atoms with Gasteiger partial charge in [-0.05, 0) is 32.0 Å². The fraction of sp³-hybridized carbons (Fsp3) is 0.353. The third kappa shape index (κ3) is 1.81. The minimum absolute atomic E-state index is 0.133. The standard InChI is InChI=1S/C17H18N2O3/c1-17(2)19-13(10-12(18-19)14-8-5-9-21-14)11-6-4-7-15(20-3)16(11)22-17/h4-9,13H,10H2,1-3H3/t13-/m0/s1. The zero-order chi connectivity index (χ0) is 15.3. The summed E-state index contributed by atoms with van der Waals surface area (Å²) in [5, 5.41) is 6.77. The van der Waals surface area contributed by atoms with Crippen molar-refractivity contribution in [2.45, 2.75) is 32.0 Å². The molecule has 0 saturated heterocycles. The van der Waals surface area contributed by atoms with E-state index in [1.54, 1.807) is 13.4 Å². The molecule has 22 heavy (non-hydrogen) atoms. The van der Waals surface area contributed by atoms with Crippen molar-refractivity contribution in [3.63, 3.8) is 0 Å². The van der Waals surface area contributed by atoms with Gasteiger partial charge in [0.15, 0.2) is 17.2 Å². The highest BCUT2D eigenvalue weighted by Gasteiger charge is 2.46. The van der Waals surface area contributed by atoms with Gasteiger partial charge in [-0.15, -0.1) is 0 Å². The maximum absolute atomic E-state index is 6.18. The molecule has 5 heteroatoms. The molecule has 2 aromatic rings. The molecule has 0 saturated carbocycles. The molecule has 1 aromatic carbocycles. The van der Waals surface area contributed by atoms with Crippen molar-refractivity contribution < 1.29 is 13.9 Å². The predicted molar refractivity (Wildman–Crippen MR) is 82.1 cm³/mol. The highest BCUT2D eigenvalue weighted by atomic mass is 16.5. The summed E-state index contributed by atoms with van der Waals surface area (Å²) in [6.45, 7) is 4.04. The smallest absolute Gasteiger partial charge is 0.192 e. The van der Waals surface area contributed by atoms with Gasteiger partial charge < -0.3 is 13.9 Å². The highest BCUT2D eigenvalue weighted by molar-refractivity contribution is 5.99. The minimum Gasteiger partial charge on any atom is -0.493 e. The molecule has 114 valence electrons. The second-order valence-corrected chi connectivity index (χ2v) is 6.02. The summed E-state index contributed by atoms with van der Waals surface area (Å²) in [6, 6.07) is 9.95. The molecule has 5 nitrogen and oxygen atoms in total. The summed E-state index contributed by atoms with van der Waals surface area (Å²) in [5.74, 6) is 2.39. The van der Waals surface area contributed by atoms with Crippen LogP contribution >= 0.6 is 0 Å². The van der Waals surface area contributed by atoms with Crippen LogP contribution in [0, 0.1) is 0 Å². The highest BCUT2D eigenvalue weighted by Crippen LogP contribution is 2.49. The Morgan fingerprint density at radius 2 is 2.14 bits per heavy atom. The van der Waals surface area contributed by atoms with Crippen LogP contribution in [0.5, 0.6) is 11.5 Å². The molecule has 0 aliphatic carbocycles. The first kappa shape index (κ1) is 13.2. The molecule has 0 bridgehead atoms. The fourth-order valence-electron chi connectivity index (χ4n) is 3.20. The summed E-state index contributed by atoms with van der Waals surface area (Å²) in [7, 11) is 1.66. The normalized spacial score (nSPS) is 21.7. The molecule has 0 unspecified atom stereocenters. The molecule has 3 heterocycles. The number of furan rings is 1. The molecular formula is C17H18N2O3. The molecule has 0 amide bonds. The molecule has 1 aromatic heterocycles. The van der Waals surface area contributed by atoms with Crippen LogP contribution in [-0.4, -0.2) is 23.6 Å². The molecule has 2 aliphatic rings. The number of ether oxygens (including phenoxy) is 2. The maximum atomic E-state index is 6.18. The SMILES string of the molecule is COc1cccc2c1OC(C)(C)N1N=C(c3ccco3)C[C@@H]21. The number of benzene rings is 1. The van der Waals surface area contributed by atoms with E-state index in [0.29, 0.717) is 0 Å². The summed E-state index contributed by atoms with van der Waals surface area (Å²) in [6.07, 6.45) is 2.47. The van der Waals surface area contributed by atoms with Crippen molar-refractivity contribution in [2.75, 3.05) is 7.11 Å². The molecule has 0 N–H and O–H groups in total. The van der Waals surface area contributed by atoms with Gasteiger partial charge in [0.25, 0.3) is 0 Å². The fourth-order valence-corrected chi connectivity index (χ4v) is 3.20. The third-order valence-corrected chi connectivity index (χ3v) is 4.21. The summed E-state index contributed by atoms with van der Waals surface area (Å²) in [4.78, 5) is 0. The van der Waals surface area contributed by atoms with Gasteiger partial charge in [-0.2, -0.15) is 5.10 Å². The van der Waals surface area contributed by atoms with Crippen molar-refractivity contribution in [3.8, 4) is 11.5 Å². The second kappa shape index (κ2) is 4.53. The quantitative estimate of drug-likeness (QED) is 0.850. The van der Waals surface area contributed by atoms with Crippen molar-refractivity contribution in [1.29, 1.82) is 0 Å². The Labute approximate surface area is 129 Å². The van der Waals surface area contributed by atoms with Crippen molar-refractivity contribution in [1.82, 2.24) is 5.01 Å². The van der Waals surface area contributed by atoms with E-state index in [0.717, 1.165) is 35.0 Å². The number of methoxy groups -OCH3 is 1. The number of rotatable bonds is 2. The molecular weight excluding hydrogens is 280 g/mol. The number of para-hydroxylation sites is 1. The van der Waals surface area contributed by atoms with E-state index in [1.807, 2.05) is 43.1 Å². The lowest BCUT2D eigenvalue weighted by atomic mass is 9.96. The summed E-state index contributed by atoms with van der Waals surface area (Å²) >= 11 is 0. The van der Waals surface area contributed by atoms with Crippen LogP contribution in [0.2, 0.25) is 0 Å². The van der Waals surface area contributed by atoms with Gasteiger partial charge in [0.1, 0.15) is 11.5 Å². The molecule has 0 spiro atoms. The topological polar surface area (TPSA) is 47.2 Å². The number of nitrogens with zero attached hydrogens (tertiary/aromatic N) is 2. The zero-order valence-corrected chi connectivity index (χ0v) is 12.9. The number of hydrogen-bond acceptors (Lipinski definition) is 5. The van der Waals surface area contributed by atoms with Gasteiger partial charge in [0.2, 0.25) is 0 Å². The maximum Gasteiger partial charge on any atom is 0.192 e. The van der Waals surface area contributed by atoms with Crippen LogP contribution < -0.4 is 9.47 Å². The minimum atomic E-state index is -0.541.